The lowest BCUT2D eigenvalue weighted by Crippen LogP contribution is -2.45. The lowest BCUT2D eigenvalue weighted by atomic mass is 10.1. The molecule has 0 spiro atoms. The maximum Gasteiger partial charge on any atom is 0.311 e. The second kappa shape index (κ2) is 10.4. The van der Waals surface area contributed by atoms with E-state index in [0.29, 0.717) is 39.7 Å². The molecule has 3 heterocycles. The Hall–Kier alpha value is -3.17. The quantitative estimate of drug-likeness (QED) is 0.459. The molecule has 1 atom stereocenters. The van der Waals surface area contributed by atoms with Crippen LogP contribution >= 0.6 is 23.2 Å². The number of nitrogens with one attached hydrogen (secondary N) is 1. The molecule has 0 bridgehead atoms. The van der Waals surface area contributed by atoms with Gasteiger partial charge >= 0.3 is 5.97 Å². The van der Waals surface area contributed by atoms with E-state index in [9.17, 15) is 9.59 Å². The van der Waals surface area contributed by atoms with Crippen molar-refractivity contribution < 1.29 is 14.3 Å². The predicted octanol–water partition coefficient (Wildman–Crippen LogP) is 4.16. The number of nitrogens with zero attached hydrogens (tertiary/aromatic N) is 5. The third kappa shape index (κ3) is 5.47. The van der Waals surface area contributed by atoms with Crippen LogP contribution < -0.4 is 5.32 Å². The molecule has 11 heteroatoms. The van der Waals surface area contributed by atoms with Crippen LogP contribution in [0.3, 0.4) is 0 Å². The first kappa shape index (κ1) is 24.5. The van der Waals surface area contributed by atoms with Gasteiger partial charge in [-0.15, -0.1) is 0 Å². The van der Waals surface area contributed by atoms with Gasteiger partial charge in [0.05, 0.1) is 35.0 Å². The zero-order valence-corrected chi connectivity index (χ0v) is 21.3. The van der Waals surface area contributed by atoms with Crippen molar-refractivity contribution in [1.82, 2.24) is 24.6 Å². The number of likely N-dealkylation sites (tertiary alicyclic amines) is 1. The van der Waals surface area contributed by atoms with Crippen molar-refractivity contribution >= 4 is 41.0 Å². The summed E-state index contributed by atoms with van der Waals surface area (Å²) in [4.78, 5) is 35.5. The molecule has 36 heavy (non-hydrogen) atoms. The van der Waals surface area contributed by atoms with E-state index in [1.165, 1.54) is 7.11 Å². The highest BCUT2D eigenvalue weighted by Crippen LogP contribution is 2.32. The fraction of sp³-hybridized carbons (Fsp3) is 0.400. The number of hydrogen-bond donors (Lipinski definition) is 1. The maximum atomic E-state index is 12.5. The Balaban J connectivity index is 1.42. The van der Waals surface area contributed by atoms with Gasteiger partial charge in [0.2, 0.25) is 11.9 Å². The molecular weight excluding hydrogens is 503 g/mol. The molecule has 1 aliphatic carbocycles. The number of methoxy groups -OCH3 is 1. The van der Waals surface area contributed by atoms with Crippen LogP contribution in [0.1, 0.15) is 31.4 Å². The summed E-state index contributed by atoms with van der Waals surface area (Å²) in [7, 11) is 1.34. The van der Waals surface area contributed by atoms with Gasteiger partial charge in [-0.1, -0.05) is 29.3 Å². The minimum absolute atomic E-state index is 0.0148. The van der Waals surface area contributed by atoms with Gasteiger partial charge in [-0.2, -0.15) is 10.1 Å². The fourth-order valence-corrected chi connectivity index (χ4v) is 4.67. The zero-order valence-electron chi connectivity index (χ0n) is 19.8. The molecule has 2 aliphatic rings. The first-order valence-corrected chi connectivity index (χ1v) is 12.7. The highest BCUT2D eigenvalue weighted by atomic mass is 35.5. The molecule has 1 saturated carbocycles. The van der Waals surface area contributed by atoms with Crippen molar-refractivity contribution in [3.63, 3.8) is 0 Å². The summed E-state index contributed by atoms with van der Waals surface area (Å²) in [5.74, 6) is 1.04. The van der Waals surface area contributed by atoms with E-state index in [0.717, 1.165) is 37.8 Å². The fourth-order valence-electron chi connectivity index (χ4n) is 4.38. The normalized spacial score (nSPS) is 17.6. The van der Waals surface area contributed by atoms with E-state index in [1.54, 1.807) is 35.1 Å². The largest absolute Gasteiger partial charge is 0.469 e. The second-order valence-electron chi connectivity index (χ2n) is 9.09. The average molecular weight is 529 g/mol. The maximum absolute atomic E-state index is 12.5. The molecule has 0 radical (unpaired) electrons. The van der Waals surface area contributed by atoms with Gasteiger partial charge in [0.1, 0.15) is 0 Å². The van der Waals surface area contributed by atoms with E-state index in [2.05, 4.69) is 15.4 Å². The molecule has 9 nitrogen and oxygen atoms in total. The summed E-state index contributed by atoms with van der Waals surface area (Å²) in [6.07, 6.45) is 5.54. The molecule has 1 saturated heterocycles. The summed E-state index contributed by atoms with van der Waals surface area (Å²) in [5.41, 5.74) is 1.98. The van der Waals surface area contributed by atoms with Crippen molar-refractivity contribution in [3.8, 4) is 17.1 Å². The lowest BCUT2D eigenvalue weighted by molar-refractivity contribution is -0.139. The Kier molecular flexibility index (Phi) is 7.11. The van der Waals surface area contributed by atoms with Crippen LogP contribution in [-0.2, 0) is 20.7 Å². The molecule has 1 aromatic carbocycles. The van der Waals surface area contributed by atoms with Crippen LogP contribution in [0.25, 0.3) is 17.1 Å². The van der Waals surface area contributed by atoms with Crippen molar-refractivity contribution in [2.24, 2.45) is 5.92 Å². The number of carbonyl (C=O) groups excluding carboxylic acids is 2. The van der Waals surface area contributed by atoms with Crippen LogP contribution in [-0.4, -0.2) is 62.8 Å². The molecule has 188 valence electrons. The van der Waals surface area contributed by atoms with Gasteiger partial charge in [0, 0.05) is 42.9 Å². The number of aromatic nitrogens is 4. The van der Waals surface area contributed by atoms with Crippen LogP contribution in [0, 0.1) is 5.92 Å². The number of ether oxygens (including phenoxy) is 1. The Morgan fingerprint density at radius 2 is 1.97 bits per heavy atom. The summed E-state index contributed by atoms with van der Waals surface area (Å²) in [6.45, 7) is 1.44. The third-order valence-corrected chi connectivity index (χ3v) is 7.12. The van der Waals surface area contributed by atoms with Crippen LogP contribution in [0.15, 0.2) is 36.5 Å². The smallest absolute Gasteiger partial charge is 0.311 e. The third-order valence-electron chi connectivity index (χ3n) is 6.38. The van der Waals surface area contributed by atoms with Gasteiger partial charge in [-0.3, -0.25) is 9.59 Å². The van der Waals surface area contributed by atoms with Gasteiger partial charge < -0.3 is 15.0 Å². The molecule has 2 aromatic heterocycles. The van der Waals surface area contributed by atoms with E-state index >= 15 is 0 Å². The Labute approximate surface area is 218 Å². The highest BCUT2D eigenvalue weighted by molar-refractivity contribution is 6.42. The molecule has 1 N–H and O–H groups in total. The number of anilines is 1. The topological polar surface area (TPSA) is 102 Å². The molecule has 1 amide bonds. The van der Waals surface area contributed by atoms with E-state index in [4.69, 9.17) is 32.9 Å². The molecule has 2 fully saturated rings. The predicted molar refractivity (Wildman–Crippen MR) is 136 cm³/mol. The number of amides is 1. The van der Waals surface area contributed by atoms with E-state index in [1.807, 2.05) is 11.0 Å². The molecule has 5 rings (SSSR count). The van der Waals surface area contributed by atoms with E-state index < -0.39 is 5.97 Å². The second-order valence-corrected chi connectivity index (χ2v) is 9.91. The molecule has 0 unspecified atom stereocenters. The van der Waals surface area contributed by atoms with Gasteiger partial charge in [0.15, 0.2) is 5.82 Å². The minimum atomic E-state index is -0.395. The first-order valence-electron chi connectivity index (χ1n) is 11.9. The lowest BCUT2D eigenvalue weighted by Gasteiger charge is -2.33. The van der Waals surface area contributed by atoms with Crippen LogP contribution in [0.5, 0.6) is 0 Å². The zero-order chi connectivity index (χ0) is 25.2. The van der Waals surface area contributed by atoms with Crippen molar-refractivity contribution in [2.45, 2.75) is 38.1 Å². The number of rotatable bonds is 7. The standard InChI is InChI=1S/C25H26Cl2N6O3/c1-36-23(34)13-18-12-21(16-6-7-19(26)20(27)11-16)33(31-18)22-8-9-28-25(30-22)29-17-3-2-10-32(14-17)24(35)15-4-5-15/h6-9,11-12,15,17H,2-5,10,13-14H2,1H3,(H,28,29,30)/t17-/m0/s1. The number of carbonyl (C=O) groups is 2. The number of piperidine rings is 1. The summed E-state index contributed by atoms with van der Waals surface area (Å²) >= 11 is 12.4. The number of esters is 1. The van der Waals surface area contributed by atoms with Crippen LogP contribution in [0.4, 0.5) is 5.95 Å². The molecule has 1 aliphatic heterocycles. The van der Waals surface area contributed by atoms with Crippen molar-refractivity contribution in [3.05, 3.63) is 52.3 Å². The molecular formula is C25H26Cl2N6O3. The number of hydrogen-bond acceptors (Lipinski definition) is 7. The van der Waals surface area contributed by atoms with Gasteiger partial charge in [-0.25, -0.2) is 9.67 Å². The van der Waals surface area contributed by atoms with Crippen molar-refractivity contribution in [1.29, 1.82) is 0 Å². The van der Waals surface area contributed by atoms with Gasteiger partial charge in [0.25, 0.3) is 0 Å². The average Bonchev–Trinajstić information content (AvgIpc) is 3.65. The summed E-state index contributed by atoms with van der Waals surface area (Å²) in [6, 6.07) is 8.89. The molecule has 3 aromatic rings. The SMILES string of the molecule is COC(=O)Cc1cc(-c2ccc(Cl)c(Cl)c2)n(-c2ccnc(N[C@H]3CCCN(C(=O)C4CC4)C3)n2)n1. The number of benzene rings is 1. The monoisotopic (exact) mass is 528 g/mol. The van der Waals surface area contributed by atoms with Crippen LogP contribution in [0.2, 0.25) is 10.0 Å². The Morgan fingerprint density at radius 3 is 2.72 bits per heavy atom. The highest BCUT2D eigenvalue weighted by Gasteiger charge is 2.35. The Bertz CT molecular complexity index is 1290. The summed E-state index contributed by atoms with van der Waals surface area (Å²) < 4.78 is 6.45. The summed E-state index contributed by atoms with van der Waals surface area (Å²) in [5, 5.41) is 8.85. The van der Waals surface area contributed by atoms with E-state index in [-0.39, 0.29) is 24.3 Å². The first-order chi connectivity index (χ1) is 17.4. The minimum Gasteiger partial charge on any atom is -0.469 e. The Morgan fingerprint density at radius 1 is 1.14 bits per heavy atom. The number of halogens is 2. The van der Waals surface area contributed by atoms with Crippen molar-refractivity contribution in [2.75, 3.05) is 25.5 Å². The van der Waals surface area contributed by atoms with Gasteiger partial charge in [-0.05, 0) is 43.9 Å².